The molecule has 1 aliphatic rings. The molecule has 260 valence electrons. The van der Waals surface area contributed by atoms with E-state index >= 15 is 0 Å². The van der Waals surface area contributed by atoms with E-state index < -0.39 is 0 Å². The molecule has 0 amide bonds. The number of hydrogen-bond acceptors (Lipinski definition) is 5. The smallest absolute Gasteiger partial charge is 0.164 e. The van der Waals surface area contributed by atoms with Crippen LogP contribution in [0.4, 0.5) is 17.1 Å². The first-order chi connectivity index (χ1) is 27.7. The minimum atomic E-state index is 0.649. The van der Waals surface area contributed by atoms with E-state index in [0.717, 1.165) is 33.2 Å². The van der Waals surface area contributed by atoms with E-state index in [1.54, 1.807) is 11.3 Å². The van der Waals surface area contributed by atoms with Gasteiger partial charge in [0.25, 0.3) is 0 Å². The minimum absolute atomic E-state index is 0.649. The number of thiophene rings is 1. The average Bonchev–Trinajstić information content (AvgIpc) is 3.64. The quantitative estimate of drug-likeness (QED) is 0.181. The topological polar surface area (TPSA) is 41.9 Å². The third-order valence-electron chi connectivity index (χ3n) is 11.2. The van der Waals surface area contributed by atoms with E-state index in [9.17, 15) is 0 Å². The van der Waals surface area contributed by atoms with E-state index in [1.165, 1.54) is 64.2 Å². The molecule has 0 unspecified atom stereocenters. The van der Waals surface area contributed by atoms with Gasteiger partial charge in [-0.2, -0.15) is 0 Å². The highest BCUT2D eigenvalue weighted by Crippen LogP contribution is 2.53. The molecule has 9 aromatic carbocycles. The standard InChI is InChI=1S/C51H30N4S/c1-2-11-33(12-3-1)49-52-50(54-51(53-49)37-24-26-41-40-16-6-7-19-45(40)56-46(41)30-37)36-21-20-35-29-38(25-22-34(35)28-36)55-44-18-9-14-32-13-8-17-42(47(32)44)43-27-23-31-10-4-5-15-39(31)48(43)55/h1-30H. The van der Waals surface area contributed by atoms with Crippen LogP contribution in [0.3, 0.4) is 0 Å². The summed E-state index contributed by atoms with van der Waals surface area (Å²) in [5, 5.41) is 9.77. The van der Waals surface area contributed by atoms with Crippen molar-refractivity contribution in [3.05, 3.63) is 182 Å². The molecule has 2 aromatic heterocycles. The van der Waals surface area contributed by atoms with Gasteiger partial charge in [0.1, 0.15) is 0 Å². The van der Waals surface area contributed by atoms with Crippen molar-refractivity contribution in [1.82, 2.24) is 15.0 Å². The predicted octanol–water partition coefficient (Wildman–Crippen LogP) is 14.2. The summed E-state index contributed by atoms with van der Waals surface area (Å²) in [6, 6.07) is 65.2. The van der Waals surface area contributed by atoms with Gasteiger partial charge in [-0.25, -0.2) is 15.0 Å². The molecule has 0 atom stereocenters. The summed E-state index contributed by atoms with van der Waals surface area (Å²) in [6.07, 6.45) is 0. The zero-order valence-electron chi connectivity index (χ0n) is 30.0. The lowest BCUT2D eigenvalue weighted by Crippen LogP contribution is -2.15. The summed E-state index contributed by atoms with van der Waals surface area (Å²) in [5.41, 5.74) is 8.92. The molecule has 12 rings (SSSR count). The maximum absolute atomic E-state index is 5.13. The van der Waals surface area contributed by atoms with Crippen LogP contribution in [0.5, 0.6) is 0 Å². The fourth-order valence-electron chi connectivity index (χ4n) is 8.56. The molecule has 0 saturated heterocycles. The van der Waals surface area contributed by atoms with Crippen molar-refractivity contribution in [3.8, 4) is 45.3 Å². The van der Waals surface area contributed by atoms with Crippen LogP contribution in [-0.2, 0) is 0 Å². The summed E-state index contributed by atoms with van der Waals surface area (Å²) < 4.78 is 2.50. The lowest BCUT2D eigenvalue weighted by Gasteiger charge is -2.34. The van der Waals surface area contributed by atoms with Crippen molar-refractivity contribution in [2.24, 2.45) is 0 Å². The van der Waals surface area contributed by atoms with Crippen LogP contribution < -0.4 is 4.90 Å². The van der Waals surface area contributed by atoms with Crippen molar-refractivity contribution < 1.29 is 0 Å². The normalized spacial score (nSPS) is 12.2. The van der Waals surface area contributed by atoms with Crippen molar-refractivity contribution >= 4 is 80.9 Å². The highest BCUT2D eigenvalue weighted by Gasteiger charge is 2.28. The number of aromatic nitrogens is 3. The lowest BCUT2D eigenvalue weighted by molar-refractivity contribution is 1.08. The summed E-state index contributed by atoms with van der Waals surface area (Å²) in [5.74, 6) is 1.97. The molecule has 0 bridgehead atoms. The first-order valence-electron chi connectivity index (χ1n) is 18.8. The van der Waals surface area contributed by atoms with Gasteiger partial charge in [-0.3, -0.25) is 0 Å². The van der Waals surface area contributed by atoms with Gasteiger partial charge in [0, 0.05) is 58.9 Å². The van der Waals surface area contributed by atoms with Crippen LogP contribution in [0.2, 0.25) is 0 Å². The second kappa shape index (κ2) is 12.2. The average molecular weight is 731 g/mol. The van der Waals surface area contributed by atoms with Crippen LogP contribution in [0.25, 0.3) is 97.8 Å². The molecule has 56 heavy (non-hydrogen) atoms. The Kier molecular flexibility index (Phi) is 6.76. The summed E-state index contributed by atoms with van der Waals surface area (Å²) in [4.78, 5) is 17.7. The van der Waals surface area contributed by atoms with Crippen molar-refractivity contribution in [1.29, 1.82) is 0 Å². The number of benzene rings is 9. The molecule has 0 N–H and O–H groups in total. The zero-order chi connectivity index (χ0) is 36.7. The molecule has 4 nitrogen and oxygen atoms in total. The van der Waals surface area contributed by atoms with Gasteiger partial charge >= 0.3 is 0 Å². The van der Waals surface area contributed by atoms with Crippen molar-refractivity contribution in [3.63, 3.8) is 0 Å². The number of nitrogens with zero attached hydrogens (tertiary/aromatic N) is 4. The van der Waals surface area contributed by atoms with Gasteiger partial charge in [-0.05, 0) is 63.5 Å². The third-order valence-corrected chi connectivity index (χ3v) is 12.3. The largest absolute Gasteiger partial charge is 0.309 e. The monoisotopic (exact) mass is 730 g/mol. The fraction of sp³-hybridized carbons (Fsp3) is 0. The minimum Gasteiger partial charge on any atom is -0.309 e. The fourth-order valence-corrected chi connectivity index (χ4v) is 9.71. The molecule has 0 radical (unpaired) electrons. The van der Waals surface area contributed by atoms with E-state index in [0.29, 0.717) is 17.5 Å². The molecule has 0 fully saturated rings. The Hall–Kier alpha value is -7.21. The van der Waals surface area contributed by atoms with Gasteiger partial charge in [0.2, 0.25) is 0 Å². The third kappa shape index (κ3) is 4.81. The molecule has 0 aliphatic carbocycles. The molecule has 1 aliphatic heterocycles. The van der Waals surface area contributed by atoms with Gasteiger partial charge in [-0.15, -0.1) is 11.3 Å². The molecule has 3 heterocycles. The lowest BCUT2D eigenvalue weighted by atomic mass is 9.88. The Morgan fingerprint density at radius 2 is 1.02 bits per heavy atom. The van der Waals surface area contributed by atoms with E-state index in [2.05, 4.69) is 169 Å². The summed E-state index contributed by atoms with van der Waals surface area (Å²) >= 11 is 1.80. The van der Waals surface area contributed by atoms with Crippen LogP contribution in [0, 0.1) is 0 Å². The summed E-state index contributed by atoms with van der Waals surface area (Å²) in [7, 11) is 0. The van der Waals surface area contributed by atoms with E-state index in [1.807, 2.05) is 18.2 Å². The second-order valence-electron chi connectivity index (χ2n) is 14.4. The van der Waals surface area contributed by atoms with Crippen LogP contribution in [-0.4, -0.2) is 15.0 Å². The SMILES string of the molecule is c1ccc(-c2nc(-c3ccc4cc(N5c6c(ccc7ccccc67)-c6cccc7cccc5c67)ccc4c3)nc(-c3ccc4c(c3)sc3ccccc34)n2)cc1. The molecular formula is C51H30N4S. The molecular weight excluding hydrogens is 701 g/mol. The highest BCUT2D eigenvalue weighted by atomic mass is 32.1. The Morgan fingerprint density at radius 3 is 1.89 bits per heavy atom. The Balaban J connectivity index is 1.00. The number of fused-ring (bicyclic) bond motifs is 8. The second-order valence-corrected chi connectivity index (χ2v) is 15.5. The van der Waals surface area contributed by atoms with Crippen molar-refractivity contribution in [2.75, 3.05) is 4.90 Å². The van der Waals surface area contributed by atoms with E-state index in [4.69, 9.17) is 15.0 Å². The first-order valence-corrected chi connectivity index (χ1v) is 19.7. The van der Waals surface area contributed by atoms with E-state index in [-0.39, 0.29) is 0 Å². The van der Waals surface area contributed by atoms with Crippen LogP contribution in [0.15, 0.2) is 182 Å². The van der Waals surface area contributed by atoms with Crippen molar-refractivity contribution in [2.45, 2.75) is 0 Å². The van der Waals surface area contributed by atoms with Gasteiger partial charge in [-0.1, -0.05) is 146 Å². The maximum Gasteiger partial charge on any atom is 0.164 e. The molecule has 0 spiro atoms. The molecule has 0 saturated carbocycles. The number of rotatable bonds is 4. The van der Waals surface area contributed by atoms with Gasteiger partial charge < -0.3 is 4.90 Å². The maximum atomic E-state index is 5.13. The Labute approximate surface area is 326 Å². The molecule has 5 heteroatoms. The Morgan fingerprint density at radius 1 is 0.375 bits per heavy atom. The first kappa shape index (κ1) is 31.2. The predicted molar refractivity (Wildman–Crippen MR) is 235 cm³/mol. The number of anilines is 3. The highest BCUT2D eigenvalue weighted by molar-refractivity contribution is 7.25. The zero-order valence-corrected chi connectivity index (χ0v) is 30.8. The van der Waals surface area contributed by atoms with Gasteiger partial charge in [0.05, 0.1) is 11.4 Å². The van der Waals surface area contributed by atoms with Gasteiger partial charge in [0.15, 0.2) is 17.5 Å². The number of hydrogen-bond donors (Lipinski definition) is 0. The Bertz CT molecular complexity index is 3380. The summed E-state index contributed by atoms with van der Waals surface area (Å²) in [6.45, 7) is 0. The van der Waals surface area contributed by atoms with Crippen LogP contribution in [0.1, 0.15) is 0 Å². The van der Waals surface area contributed by atoms with Crippen LogP contribution >= 0.6 is 11.3 Å². The molecule has 11 aromatic rings.